The quantitative estimate of drug-likeness (QED) is 0.436. The minimum Gasteiger partial charge on any atom is -0.356 e. The summed E-state index contributed by atoms with van der Waals surface area (Å²) in [7, 11) is 0. The minimum atomic E-state index is -1.31. The molecule has 2 aromatic carbocycles. The first-order valence-electron chi connectivity index (χ1n) is 13.7. The third-order valence-electron chi connectivity index (χ3n) is 8.75. The van der Waals surface area contributed by atoms with Crippen molar-refractivity contribution in [1.29, 1.82) is 0 Å². The maximum atomic E-state index is 14.3. The summed E-state index contributed by atoms with van der Waals surface area (Å²) >= 11 is 0. The molecule has 202 valence electrons. The SMILES string of the molecule is CC(=O)c1cccc(N2C(=O)C3C(C(=O)Nc4ccccc4)C4(C)C=CC3(O4)C2C(=O)NC2CCCCC2)c1. The van der Waals surface area contributed by atoms with Crippen molar-refractivity contribution in [1.82, 2.24) is 5.32 Å². The van der Waals surface area contributed by atoms with Crippen molar-refractivity contribution in [3.8, 4) is 0 Å². The number of benzene rings is 2. The zero-order valence-electron chi connectivity index (χ0n) is 22.2. The summed E-state index contributed by atoms with van der Waals surface area (Å²) in [6, 6.07) is 14.8. The van der Waals surface area contributed by atoms with E-state index < -0.39 is 29.1 Å². The fraction of sp³-hybridized carbons (Fsp3) is 0.419. The normalized spacial score (nSPS) is 31.3. The third kappa shape index (κ3) is 4.09. The summed E-state index contributed by atoms with van der Waals surface area (Å²) < 4.78 is 6.60. The first-order valence-corrected chi connectivity index (χ1v) is 13.7. The third-order valence-corrected chi connectivity index (χ3v) is 8.75. The Labute approximate surface area is 227 Å². The molecule has 5 atom stereocenters. The van der Waals surface area contributed by atoms with Crippen LogP contribution in [0.25, 0.3) is 0 Å². The van der Waals surface area contributed by atoms with E-state index in [1.807, 2.05) is 30.4 Å². The zero-order chi connectivity index (χ0) is 27.4. The Balaban J connectivity index is 1.41. The number of carbonyl (C=O) groups is 4. The van der Waals surface area contributed by atoms with Crippen LogP contribution in [0.3, 0.4) is 0 Å². The van der Waals surface area contributed by atoms with E-state index in [0.717, 1.165) is 32.1 Å². The Morgan fingerprint density at radius 3 is 2.41 bits per heavy atom. The molecular weight excluding hydrogens is 494 g/mol. The smallest absolute Gasteiger partial charge is 0.246 e. The fourth-order valence-electron chi connectivity index (χ4n) is 6.96. The second-order valence-corrected chi connectivity index (χ2v) is 11.3. The van der Waals surface area contributed by atoms with E-state index in [1.54, 1.807) is 43.3 Å². The summed E-state index contributed by atoms with van der Waals surface area (Å²) in [5.74, 6) is -2.89. The molecule has 1 spiro atoms. The van der Waals surface area contributed by atoms with Crippen LogP contribution in [0.15, 0.2) is 66.7 Å². The van der Waals surface area contributed by atoms with Gasteiger partial charge in [0.25, 0.3) is 0 Å². The molecule has 39 heavy (non-hydrogen) atoms. The predicted octanol–water partition coefficient (Wildman–Crippen LogP) is 4.02. The Kier molecular flexibility index (Phi) is 6.18. The summed E-state index contributed by atoms with van der Waals surface area (Å²) in [4.78, 5) is 55.8. The van der Waals surface area contributed by atoms with Crippen molar-refractivity contribution in [2.45, 2.75) is 69.2 Å². The number of ether oxygens (including phenoxy) is 1. The van der Waals surface area contributed by atoms with Crippen molar-refractivity contribution >= 4 is 34.9 Å². The number of anilines is 2. The molecule has 0 radical (unpaired) electrons. The van der Waals surface area contributed by atoms with Gasteiger partial charge in [-0.25, -0.2) is 0 Å². The molecule has 2 bridgehead atoms. The highest BCUT2D eigenvalue weighted by atomic mass is 16.5. The highest BCUT2D eigenvalue weighted by molar-refractivity contribution is 6.12. The van der Waals surface area contributed by atoms with Crippen molar-refractivity contribution < 1.29 is 23.9 Å². The molecule has 0 aromatic heterocycles. The van der Waals surface area contributed by atoms with E-state index in [9.17, 15) is 19.2 Å². The number of hydrogen-bond acceptors (Lipinski definition) is 5. The maximum absolute atomic E-state index is 14.3. The highest BCUT2D eigenvalue weighted by Gasteiger charge is 2.76. The van der Waals surface area contributed by atoms with Gasteiger partial charge in [-0.1, -0.05) is 61.7 Å². The van der Waals surface area contributed by atoms with Crippen molar-refractivity contribution in [2.24, 2.45) is 11.8 Å². The lowest BCUT2D eigenvalue weighted by Crippen LogP contribution is -2.56. The molecule has 2 aromatic rings. The van der Waals surface area contributed by atoms with Crippen molar-refractivity contribution in [3.05, 3.63) is 72.3 Å². The van der Waals surface area contributed by atoms with Gasteiger partial charge in [0.05, 0.1) is 17.4 Å². The Morgan fingerprint density at radius 2 is 1.69 bits per heavy atom. The maximum Gasteiger partial charge on any atom is 0.246 e. The van der Waals surface area contributed by atoms with Gasteiger partial charge < -0.3 is 15.4 Å². The average molecular weight is 528 g/mol. The van der Waals surface area contributed by atoms with Crippen LogP contribution in [-0.4, -0.2) is 46.8 Å². The molecule has 1 saturated carbocycles. The molecule has 3 aliphatic heterocycles. The number of Topliss-reactive ketones (excluding diaryl/α,β-unsaturated/α-hetero) is 1. The number of nitrogens with one attached hydrogen (secondary N) is 2. The lowest BCUT2D eigenvalue weighted by atomic mass is 9.70. The molecule has 3 fully saturated rings. The van der Waals surface area contributed by atoms with Crippen LogP contribution in [0.2, 0.25) is 0 Å². The number of nitrogens with zero attached hydrogens (tertiary/aromatic N) is 1. The number of rotatable bonds is 6. The van der Waals surface area contributed by atoms with Crippen LogP contribution in [0, 0.1) is 11.8 Å². The van der Waals surface area contributed by atoms with Crippen molar-refractivity contribution in [2.75, 3.05) is 10.2 Å². The lowest BCUT2D eigenvalue weighted by Gasteiger charge is -2.34. The molecule has 2 N–H and O–H groups in total. The number of fused-ring (bicyclic) bond motifs is 1. The van der Waals surface area contributed by atoms with E-state index in [4.69, 9.17) is 4.74 Å². The number of hydrogen-bond donors (Lipinski definition) is 2. The minimum absolute atomic E-state index is 0.0255. The van der Waals surface area contributed by atoms with Crippen LogP contribution in [-0.2, 0) is 19.1 Å². The van der Waals surface area contributed by atoms with E-state index in [1.165, 1.54) is 11.8 Å². The van der Waals surface area contributed by atoms with Crippen molar-refractivity contribution in [3.63, 3.8) is 0 Å². The second-order valence-electron chi connectivity index (χ2n) is 11.3. The molecule has 4 aliphatic rings. The summed E-state index contributed by atoms with van der Waals surface area (Å²) in [5.41, 5.74) is -0.860. The molecule has 3 amide bonds. The van der Waals surface area contributed by atoms with Gasteiger partial charge in [-0.2, -0.15) is 0 Å². The molecule has 8 nitrogen and oxygen atoms in total. The number of ketones is 1. The average Bonchev–Trinajstić information content (AvgIpc) is 3.50. The van der Waals surface area contributed by atoms with Gasteiger partial charge in [0, 0.05) is 23.0 Å². The zero-order valence-corrected chi connectivity index (χ0v) is 22.2. The van der Waals surface area contributed by atoms with E-state index in [-0.39, 0.29) is 29.5 Å². The lowest BCUT2D eigenvalue weighted by molar-refractivity contribution is -0.131. The summed E-state index contributed by atoms with van der Waals surface area (Å²) in [5, 5.41) is 6.13. The summed E-state index contributed by atoms with van der Waals surface area (Å²) in [6.45, 7) is 3.26. The van der Waals surface area contributed by atoms with Gasteiger partial charge in [-0.05, 0) is 51.0 Å². The van der Waals surface area contributed by atoms with E-state index >= 15 is 0 Å². The Bertz CT molecular complexity index is 1370. The van der Waals surface area contributed by atoms with E-state index in [2.05, 4.69) is 10.6 Å². The van der Waals surface area contributed by atoms with E-state index in [0.29, 0.717) is 16.9 Å². The molecular formula is C31H33N3O5. The van der Waals surface area contributed by atoms with Gasteiger partial charge in [-0.3, -0.25) is 24.1 Å². The first kappa shape index (κ1) is 25.5. The monoisotopic (exact) mass is 527 g/mol. The van der Waals surface area contributed by atoms with Crippen LogP contribution in [0.5, 0.6) is 0 Å². The number of para-hydroxylation sites is 1. The first-order chi connectivity index (χ1) is 18.7. The topological polar surface area (TPSA) is 105 Å². The number of carbonyl (C=O) groups excluding carboxylic acids is 4. The molecule has 6 rings (SSSR count). The molecule has 3 heterocycles. The Morgan fingerprint density at radius 1 is 0.949 bits per heavy atom. The fourth-order valence-corrected chi connectivity index (χ4v) is 6.96. The summed E-state index contributed by atoms with van der Waals surface area (Å²) in [6.07, 6.45) is 8.64. The molecule has 5 unspecified atom stereocenters. The van der Waals surface area contributed by atoms with Crippen LogP contribution in [0.4, 0.5) is 11.4 Å². The van der Waals surface area contributed by atoms with Gasteiger partial charge in [0.2, 0.25) is 17.7 Å². The molecule has 8 heteroatoms. The molecule has 1 aliphatic carbocycles. The highest BCUT2D eigenvalue weighted by Crippen LogP contribution is 2.60. The predicted molar refractivity (Wildman–Crippen MR) is 146 cm³/mol. The van der Waals surface area contributed by atoms with Gasteiger partial charge in [-0.15, -0.1) is 0 Å². The van der Waals surface area contributed by atoms with Crippen LogP contribution < -0.4 is 15.5 Å². The number of amides is 3. The van der Waals surface area contributed by atoms with Gasteiger partial charge in [0.1, 0.15) is 11.6 Å². The molecule has 2 saturated heterocycles. The van der Waals surface area contributed by atoms with Gasteiger partial charge >= 0.3 is 0 Å². The van der Waals surface area contributed by atoms with Crippen LogP contribution in [0.1, 0.15) is 56.3 Å². The standard InChI is InChI=1S/C31H33N3O5/c1-19(35)20-10-9-15-23(18-20)34-26(28(37)33-22-13-7-4-8-14-22)31-17-16-30(2,39-31)24(25(31)29(34)38)27(36)32-21-11-5-3-6-12-21/h3,5-6,9-12,15-18,22,24-26H,4,7-8,13-14H2,1-2H3,(H,32,36)(H,33,37). The van der Waals surface area contributed by atoms with Crippen LogP contribution >= 0.6 is 0 Å². The largest absolute Gasteiger partial charge is 0.356 e. The second kappa shape index (κ2) is 9.45. The Hall–Kier alpha value is -3.78. The van der Waals surface area contributed by atoms with Gasteiger partial charge in [0.15, 0.2) is 5.78 Å².